The van der Waals surface area contributed by atoms with E-state index in [1.54, 1.807) is 6.07 Å². The third-order valence-electron chi connectivity index (χ3n) is 2.69. The number of aldehydes is 1. The second-order valence-corrected chi connectivity index (χ2v) is 4.04. The van der Waals surface area contributed by atoms with Crippen molar-refractivity contribution in [3.05, 3.63) is 47.8 Å². The van der Waals surface area contributed by atoms with Gasteiger partial charge in [-0.05, 0) is 13.0 Å². The molecule has 0 amide bonds. The van der Waals surface area contributed by atoms with E-state index in [4.69, 9.17) is 0 Å². The lowest BCUT2D eigenvalue weighted by atomic mass is 10.1. The first-order chi connectivity index (χ1) is 8.26. The molecule has 1 N–H and O–H groups in total. The third-order valence-corrected chi connectivity index (χ3v) is 2.69. The van der Waals surface area contributed by atoms with Crippen LogP contribution in [0.3, 0.4) is 0 Å². The summed E-state index contributed by atoms with van der Waals surface area (Å²) in [5.74, 6) is 0. The number of hydrogen-bond donors (Lipinski definition) is 1. The molecule has 0 aliphatic heterocycles. The number of rotatable bonds is 2. The molecule has 0 aliphatic rings. The Labute approximate surface area is 97.9 Å². The highest BCUT2D eigenvalue weighted by atomic mass is 16.1. The van der Waals surface area contributed by atoms with Gasteiger partial charge in [-0.25, -0.2) is 9.50 Å². The Balaban J connectivity index is 2.12. The van der Waals surface area contributed by atoms with Gasteiger partial charge in [-0.15, -0.1) is 0 Å². The SMILES string of the molecule is Cc1cc2nc(-c3cccc(C=O)c3)cn2[nH]1. The van der Waals surface area contributed by atoms with Gasteiger partial charge >= 0.3 is 0 Å². The van der Waals surface area contributed by atoms with E-state index in [2.05, 4.69) is 10.1 Å². The molecule has 0 radical (unpaired) electrons. The maximum atomic E-state index is 10.7. The van der Waals surface area contributed by atoms with Gasteiger partial charge in [-0.1, -0.05) is 18.2 Å². The van der Waals surface area contributed by atoms with E-state index in [9.17, 15) is 4.79 Å². The Morgan fingerprint density at radius 3 is 3.00 bits per heavy atom. The van der Waals surface area contributed by atoms with Crippen molar-refractivity contribution >= 4 is 11.9 Å². The van der Waals surface area contributed by atoms with E-state index in [1.165, 1.54) is 0 Å². The van der Waals surface area contributed by atoms with Crippen LogP contribution in [0.5, 0.6) is 0 Å². The van der Waals surface area contributed by atoms with Gasteiger partial charge in [0.2, 0.25) is 0 Å². The number of aryl methyl sites for hydroxylation is 1. The molecule has 3 aromatic rings. The van der Waals surface area contributed by atoms with Crippen molar-refractivity contribution in [2.75, 3.05) is 0 Å². The number of benzene rings is 1. The van der Waals surface area contributed by atoms with Crippen molar-refractivity contribution < 1.29 is 4.79 Å². The zero-order chi connectivity index (χ0) is 11.8. The van der Waals surface area contributed by atoms with Crippen LogP contribution in [0.1, 0.15) is 16.1 Å². The number of H-pyrrole nitrogens is 1. The van der Waals surface area contributed by atoms with Crippen LogP contribution in [0.15, 0.2) is 36.5 Å². The van der Waals surface area contributed by atoms with Crippen molar-refractivity contribution in [3.63, 3.8) is 0 Å². The zero-order valence-electron chi connectivity index (χ0n) is 9.34. The van der Waals surface area contributed by atoms with Gasteiger partial charge in [0.1, 0.15) is 6.29 Å². The molecule has 2 heterocycles. The summed E-state index contributed by atoms with van der Waals surface area (Å²) in [6.45, 7) is 1.99. The maximum Gasteiger partial charge on any atom is 0.153 e. The average molecular weight is 225 g/mol. The lowest BCUT2D eigenvalue weighted by Gasteiger charge is -1.96. The highest BCUT2D eigenvalue weighted by Crippen LogP contribution is 2.20. The predicted octanol–water partition coefficient (Wildman–Crippen LogP) is 2.45. The molecule has 3 rings (SSSR count). The summed E-state index contributed by atoms with van der Waals surface area (Å²) in [7, 11) is 0. The van der Waals surface area contributed by atoms with Crippen LogP contribution in [0.4, 0.5) is 0 Å². The minimum absolute atomic E-state index is 0.662. The normalized spacial score (nSPS) is 10.9. The van der Waals surface area contributed by atoms with Crippen molar-refractivity contribution in [1.29, 1.82) is 0 Å². The topological polar surface area (TPSA) is 50.2 Å². The third kappa shape index (κ3) is 1.63. The summed E-state index contributed by atoms with van der Waals surface area (Å²) in [5, 5.41) is 3.16. The number of nitrogens with zero attached hydrogens (tertiary/aromatic N) is 2. The minimum Gasteiger partial charge on any atom is -0.298 e. The molecule has 0 fully saturated rings. The molecule has 4 heteroatoms. The number of carbonyl (C=O) groups is 1. The summed E-state index contributed by atoms with van der Waals surface area (Å²) in [5.41, 5.74) is 4.43. The first-order valence-corrected chi connectivity index (χ1v) is 5.36. The molecule has 0 unspecified atom stereocenters. The van der Waals surface area contributed by atoms with E-state index in [0.29, 0.717) is 5.56 Å². The molecular formula is C13H11N3O. The van der Waals surface area contributed by atoms with Crippen LogP contribution in [0.25, 0.3) is 16.9 Å². The van der Waals surface area contributed by atoms with Gasteiger partial charge in [-0.2, -0.15) is 0 Å². The van der Waals surface area contributed by atoms with Gasteiger partial charge < -0.3 is 0 Å². The molecule has 1 aromatic carbocycles. The number of aromatic amines is 1. The van der Waals surface area contributed by atoms with Crippen molar-refractivity contribution in [3.8, 4) is 11.3 Å². The Morgan fingerprint density at radius 1 is 1.35 bits per heavy atom. The second kappa shape index (κ2) is 3.59. The Morgan fingerprint density at radius 2 is 2.24 bits per heavy atom. The van der Waals surface area contributed by atoms with E-state index in [1.807, 2.05) is 41.9 Å². The van der Waals surface area contributed by atoms with E-state index >= 15 is 0 Å². The fraction of sp³-hybridized carbons (Fsp3) is 0.0769. The van der Waals surface area contributed by atoms with Crippen LogP contribution in [0.2, 0.25) is 0 Å². The molecule has 0 atom stereocenters. The largest absolute Gasteiger partial charge is 0.298 e. The standard InChI is InChI=1S/C13H11N3O/c1-9-5-13-14-12(7-16(13)15-9)11-4-2-3-10(6-11)8-17/h2-8,15H,1H3. The van der Waals surface area contributed by atoms with Crippen molar-refractivity contribution in [1.82, 2.24) is 14.6 Å². The highest BCUT2D eigenvalue weighted by molar-refractivity contribution is 5.78. The van der Waals surface area contributed by atoms with Gasteiger partial charge in [0.05, 0.1) is 11.9 Å². The smallest absolute Gasteiger partial charge is 0.153 e. The molecule has 17 heavy (non-hydrogen) atoms. The number of aromatic nitrogens is 3. The first kappa shape index (κ1) is 9.84. The molecule has 0 saturated heterocycles. The zero-order valence-corrected chi connectivity index (χ0v) is 9.34. The first-order valence-electron chi connectivity index (χ1n) is 5.36. The summed E-state index contributed by atoms with van der Waals surface area (Å²) in [6.07, 6.45) is 2.77. The molecule has 0 bridgehead atoms. The van der Waals surface area contributed by atoms with E-state index in [0.717, 1.165) is 28.9 Å². The number of fused-ring (bicyclic) bond motifs is 1. The Hall–Kier alpha value is -2.36. The summed E-state index contributed by atoms with van der Waals surface area (Å²) >= 11 is 0. The fourth-order valence-electron chi connectivity index (χ4n) is 1.91. The van der Waals surface area contributed by atoms with Crippen LogP contribution in [0, 0.1) is 6.92 Å². The van der Waals surface area contributed by atoms with Gasteiger partial charge in [0.25, 0.3) is 0 Å². The lowest BCUT2D eigenvalue weighted by molar-refractivity contribution is 0.112. The van der Waals surface area contributed by atoms with Crippen LogP contribution in [-0.2, 0) is 0 Å². The van der Waals surface area contributed by atoms with E-state index < -0.39 is 0 Å². The molecule has 0 spiro atoms. The molecule has 0 aliphatic carbocycles. The second-order valence-electron chi connectivity index (χ2n) is 4.04. The van der Waals surface area contributed by atoms with Gasteiger partial charge in [0, 0.05) is 22.9 Å². The molecule has 2 aromatic heterocycles. The fourth-order valence-corrected chi connectivity index (χ4v) is 1.91. The summed E-state index contributed by atoms with van der Waals surface area (Å²) in [4.78, 5) is 15.2. The molecule has 0 saturated carbocycles. The maximum absolute atomic E-state index is 10.7. The molecular weight excluding hydrogens is 214 g/mol. The Bertz CT molecular complexity index is 662. The molecule has 4 nitrogen and oxygen atoms in total. The summed E-state index contributed by atoms with van der Waals surface area (Å²) < 4.78 is 1.87. The lowest BCUT2D eigenvalue weighted by Crippen LogP contribution is -1.83. The van der Waals surface area contributed by atoms with E-state index in [-0.39, 0.29) is 0 Å². The van der Waals surface area contributed by atoms with Crippen LogP contribution >= 0.6 is 0 Å². The quantitative estimate of drug-likeness (QED) is 0.681. The highest BCUT2D eigenvalue weighted by Gasteiger charge is 2.06. The minimum atomic E-state index is 0.662. The van der Waals surface area contributed by atoms with Gasteiger partial charge in [0.15, 0.2) is 5.65 Å². The van der Waals surface area contributed by atoms with Crippen molar-refractivity contribution in [2.45, 2.75) is 6.92 Å². The number of carbonyl (C=O) groups excluding carboxylic acids is 1. The van der Waals surface area contributed by atoms with Crippen molar-refractivity contribution in [2.24, 2.45) is 0 Å². The summed E-state index contributed by atoms with van der Waals surface area (Å²) in [6, 6.07) is 9.40. The Kier molecular flexibility index (Phi) is 2.08. The van der Waals surface area contributed by atoms with Crippen LogP contribution < -0.4 is 0 Å². The number of hydrogen-bond acceptors (Lipinski definition) is 2. The number of imidazole rings is 1. The average Bonchev–Trinajstić information content (AvgIpc) is 2.86. The van der Waals surface area contributed by atoms with Crippen LogP contribution in [-0.4, -0.2) is 20.9 Å². The van der Waals surface area contributed by atoms with Gasteiger partial charge in [-0.3, -0.25) is 9.89 Å². The molecule has 84 valence electrons. The number of nitrogens with one attached hydrogen (secondary N) is 1. The predicted molar refractivity (Wildman–Crippen MR) is 65.1 cm³/mol. The monoisotopic (exact) mass is 225 g/mol.